The normalized spacial score (nSPS) is 11.8. The maximum Gasteiger partial charge on any atom is 0.335 e. The molecule has 0 amide bonds. The average molecular weight is 270 g/mol. The molecule has 0 fully saturated rings. The Balaban J connectivity index is 1.89. The summed E-state index contributed by atoms with van der Waals surface area (Å²) in [5, 5.41) is 12.2. The number of hydrogen-bond donors (Lipinski definition) is 2. The number of aromatic carboxylic acids is 1. The first kappa shape index (κ1) is 14.1. The third-order valence-electron chi connectivity index (χ3n) is 3.11. The lowest BCUT2D eigenvalue weighted by molar-refractivity contribution is 0.0697. The van der Waals surface area contributed by atoms with E-state index in [0.717, 1.165) is 12.8 Å². The van der Waals surface area contributed by atoms with Gasteiger partial charge in [0.2, 0.25) is 0 Å². The molecule has 4 heteroatoms. The average Bonchev–Trinajstić information content (AvgIpc) is 2.46. The molecule has 2 rings (SSSR count). The lowest BCUT2D eigenvalue weighted by Crippen LogP contribution is -2.17. The van der Waals surface area contributed by atoms with E-state index in [1.807, 2.05) is 18.2 Å². The summed E-state index contributed by atoms with van der Waals surface area (Å²) < 4.78 is 0. The number of benzene rings is 1. The number of anilines is 1. The van der Waals surface area contributed by atoms with Crippen LogP contribution in [0, 0.1) is 0 Å². The fourth-order valence-electron chi connectivity index (χ4n) is 1.99. The molecule has 20 heavy (non-hydrogen) atoms. The molecule has 0 bridgehead atoms. The van der Waals surface area contributed by atoms with E-state index in [1.165, 1.54) is 17.8 Å². The van der Waals surface area contributed by atoms with Gasteiger partial charge in [0.25, 0.3) is 0 Å². The van der Waals surface area contributed by atoms with Gasteiger partial charge in [-0.05, 0) is 37.5 Å². The molecular formula is C16H18N2O2. The van der Waals surface area contributed by atoms with Crippen molar-refractivity contribution in [2.24, 2.45) is 0 Å². The standard InChI is InChI=1S/C16H18N2O2/c1-12(7-8-13-5-3-2-4-6-13)18-15-11-14(16(19)20)9-10-17-15/h2-6,9-12H,7-8H2,1H3,(H,17,18)(H,19,20). The molecule has 0 saturated heterocycles. The van der Waals surface area contributed by atoms with Crippen molar-refractivity contribution in [2.45, 2.75) is 25.8 Å². The highest BCUT2D eigenvalue weighted by molar-refractivity contribution is 5.88. The maximum absolute atomic E-state index is 10.9. The Morgan fingerprint density at radius 2 is 2.05 bits per heavy atom. The van der Waals surface area contributed by atoms with Gasteiger partial charge in [-0.2, -0.15) is 0 Å². The topological polar surface area (TPSA) is 62.2 Å². The summed E-state index contributed by atoms with van der Waals surface area (Å²) in [7, 11) is 0. The van der Waals surface area contributed by atoms with Gasteiger partial charge < -0.3 is 10.4 Å². The van der Waals surface area contributed by atoms with Gasteiger partial charge >= 0.3 is 5.97 Å². The number of aromatic nitrogens is 1. The second-order valence-corrected chi connectivity index (χ2v) is 4.80. The SMILES string of the molecule is CC(CCc1ccccc1)Nc1cc(C(=O)O)ccn1. The quantitative estimate of drug-likeness (QED) is 0.846. The highest BCUT2D eigenvalue weighted by Crippen LogP contribution is 2.11. The predicted octanol–water partition coefficient (Wildman–Crippen LogP) is 3.21. The van der Waals surface area contributed by atoms with Gasteiger partial charge in [-0.1, -0.05) is 30.3 Å². The molecular weight excluding hydrogens is 252 g/mol. The first-order valence-corrected chi connectivity index (χ1v) is 6.65. The summed E-state index contributed by atoms with van der Waals surface area (Å²) in [5.74, 6) is -0.335. The van der Waals surface area contributed by atoms with E-state index in [-0.39, 0.29) is 11.6 Å². The minimum absolute atomic E-state index is 0.228. The predicted molar refractivity (Wildman–Crippen MR) is 79.0 cm³/mol. The van der Waals surface area contributed by atoms with Gasteiger partial charge in [0.1, 0.15) is 5.82 Å². The van der Waals surface area contributed by atoms with Gasteiger partial charge in [0.15, 0.2) is 0 Å². The zero-order valence-corrected chi connectivity index (χ0v) is 11.4. The van der Waals surface area contributed by atoms with Gasteiger partial charge in [0, 0.05) is 12.2 Å². The first-order chi connectivity index (χ1) is 9.65. The lowest BCUT2D eigenvalue weighted by Gasteiger charge is -2.14. The van der Waals surface area contributed by atoms with Gasteiger partial charge in [-0.3, -0.25) is 0 Å². The minimum Gasteiger partial charge on any atom is -0.478 e. The number of carboxylic acids is 1. The lowest BCUT2D eigenvalue weighted by atomic mass is 10.1. The highest BCUT2D eigenvalue weighted by Gasteiger charge is 2.07. The number of nitrogens with one attached hydrogen (secondary N) is 1. The van der Waals surface area contributed by atoms with E-state index in [2.05, 4.69) is 29.4 Å². The second-order valence-electron chi connectivity index (χ2n) is 4.80. The number of pyridine rings is 1. The molecule has 1 atom stereocenters. The Hall–Kier alpha value is -2.36. The Kier molecular flexibility index (Phi) is 4.71. The van der Waals surface area contributed by atoms with Crippen molar-refractivity contribution in [1.82, 2.24) is 4.98 Å². The monoisotopic (exact) mass is 270 g/mol. The number of carbonyl (C=O) groups is 1. The van der Waals surface area contributed by atoms with E-state index < -0.39 is 5.97 Å². The molecule has 1 heterocycles. The summed E-state index contributed by atoms with van der Waals surface area (Å²) in [6, 6.07) is 13.6. The van der Waals surface area contributed by atoms with E-state index in [9.17, 15) is 4.79 Å². The Bertz CT molecular complexity index is 570. The van der Waals surface area contributed by atoms with Crippen molar-refractivity contribution in [1.29, 1.82) is 0 Å². The van der Waals surface area contributed by atoms with Crippen LogP contribution in [0.5, 0.6) is 0 Å². The zero-order chi connectivity index (χ0) is 14.4. The van der Waals surface area contributed by atoms with Crippen LogP contribution in [0.25, 0.3) is 0 Å². The van der Waals surface area contributed by atoms with Crippen LogP contribution in [0.15, 0.2) is 48.7 Å². The van der Waals surface area contributed by atoms with Crippen molar-refractivity contribution in [3.63, 3.8) is 0 Å². The van der Waals surface area contributed by atoms with Crippen molar-refractivity contribution >= 4 is 11.8 Å². The Morgan fingerprint density at radius 3 is 2.75 bits per heavy atom. The highest BCUT2D eigenvalue weighted by atomic mass is 16.4. The van der Waals surface area contributed by atoms with Gasteiger partial charge in [-0.15, -0.1) is 0 Å². The molecule has 0 saturated carbocycles. The van der Waals surface area contributed by atoms with E-state index in [4.69, 9.17) is 5.11 Å². The molecule has 2 aromatic rings. The fraction of sp³-hybridized carbons (Fsp3) is 0.250. The van der Waals surface area contributed by atoms with Crippen LogP contribution < -0.4 is 5.32 Å². The van der Waals surface area contributed by atoms with Gasteiger partial charge in [-0.25, -0.2) is 9.78 Å². The van der Waals surface area contributed by atoms with Crippen LogP contribution in [0.1, 0.15) is 29.3 Å². The smallest absolute Gasteiger partial charge is 0.335 e. The third kappa shape index (κ3) is 4.09. The maximum atomic E-state index is 10.9. The van der Waals surface area contributed by atoms with Crippen molar-refractivity contribution in [3.8, 4) is 0 Å². The molecule has 4 nitrogen and oxygen atoms in total. The molecule has 2 N–H and O–H groups in total. The molecule has 0 radical (unpaired) electrons. The number of rotatable bonds is 6. The van der Waals surface area contributed by atoms with Crippen molar-refractivity contribution in [2.75, 3.05) is 5.32 Å². The summed E-state index contributed by atoms with van der Waals surface area (Å²) >= 11 is 0. The second kappa shape index (κ2) is 6.70. The van der Waals surface area contributed by atoms with Crippen molar-refractivity contribution in [3.05, 3.63) is 59.8 Å². The molecule has 1 aromatic heterocycles. The molecule has 0 aliphatic carbocycles. The zero-order valence-electron chi connectivity index (χ0n) is 11.4. The molecule has 1 unspecified atom stereocenters. The number of nitrogens with zero attached hydrogens (tertiary/aromatic N) is 1. The fourth-order valence-corrected chi connectivity index (χ4v) is 1.99. The largest absolute Gasteiger partial charge is 0.478 e. The van der Waals surface area contributed by atoms with Crippen LogP contribution in [0.3, 0.4) is 0 Å². The van der Waals surface area contributed by atoms with Gasteiger partial charge in [0.05, 0.1) is 5.56 Å². The summed E-state index contributed by atoms with van der Waals surface area (Å²) in [4.78, 5) is 15.0. The molecule has 104 valence electrons. The molecule has 0 aliphatic rings. The van der Waals surface area contributed by atoms with Crippen LogP contribution in [0.2, 0.25) is 0 Å². The summed E-state index contributed by atoms with van der Waals surface area (Å²) in [6.07, 6.45) is 3.45. The first-order valence-electron chi connectivity index (χ1n) is 6.65. The summed E-state index contributed by atoms with van der Waals surface area (Å²) in [5.41, 5.74) is 1.55. The third-order valence-corrected chi connectivity index (χ3v) is 3.11. The van der Waals surface area contributed by atoms with Crippen LogP contribution in [-0.4, -0.2) is 22.1 Å². The molecule has 0 aliphatic heterocycles. The molecule has 1 aromatic carbocycles. The summed E-state index contributed by atoms with van der Waals surface area (Å²) in [6.45, 7) is 2.07. The number of hydrogen-bond acceptors (Lipinski definition) is 3. The Labute approximate surface area is 118 Å². The van der Waals surface area contributed by atoms with E-state index in [0.29, 0.717) is 5.82 Å². The van der Waals surface area contributed by atoms with E-state index >= 15 is 0 Å². The van der Waals surface area contributed by atoms with Crippen LogP contribution in [0.4, 0.5) is 5.82 Å². The van der Waals surface area contributed by atoms with E-state index in [1.54, 1.807) is 6.07 Å². The van der Waals surface area contributed by atoms with Crippen LogP contribution in [-0.2, 0) is 6.42 Å². The number of carboxylic acid groups (broad SMARTS) is 1. The Morgan fingerprint density at radius 1 is 1.30 bits per heavy atom. The molecule has 0 spiro atoms. The van der Waals surface area contributed by atoms with Crippen LogP contribution >= 0.6 is 0 Å². The van der Waals surface area contributed by atoms with Crippen molar-refractivity contribution < 1.29 is 9.90 Å². The number of aryl methyl sites for hydroxylation is 1. The minimum atomic E-state index is -0.938.